The van der Waals surface area contributed by atoms with Gasteiger partial charge in [-0.25, -0.2) is 14.0 Å². The lowest BCUT2D eigenvalue weighted by Gasteiger charge is -2.31. The van der Waals surface area contributed by atoms with E-state index >= 15 is 0 Å². The number of methoxy groups -OCH3 is 2. The third kappa shape index (κ3) is 8.48. The van der Waals surface area contributed by atoms with Gasteiger partial charge in [0.1, 0.15) is 32.9 Å². The zero-order valence-corrected chi connectivity index (χ0v) is 28.9. The molecule has 0 saturated carbocycles. The molecule has 1 aliphatic rings. The van der Waals surface area contributed by atoms with E-state index in [9.17, 15) is 19.2 Å². The summed E-state index contributed by atoms with van der Waals surface area (Å²) in [5, 5.41) is 10.2. The quantitative estimate of drug-likeness (QED) is 0.0995. The van der Waals surface area contributed by atoms with Gasteiger partial charge in [-0.15, -0.1) is 11.3 Å². The molecule has 10 nitrogen and oxygen atoms in total. The minimum atomic E-state index is -0.883. The summed E-state index contributed by atoms with van der Waals surface area (Å²) in [6, 6.07) is 14.4. The first-order valence-electron chi connectivity index (χ1n) is 15.1. The van der Waals surface area contributed by atoms with Gasteiger partial charge in [-0.05, 0) is 61.9 Å². The zero-order chi connectivity index (χ0) is 34.4. The molecule has 2 aromatic carbocycles. The molecular weight excluding hydrogens is 684 g/mol. The molecule has 0 radical (unpaired) electrons. The van der Waals surface area contributed by atoms with Crippen LogP contribution in [0.4, 0.5) is 14.9 Å². The molecule has 4 aromatic rings. The minimum absolute atomic E-state index is 0.0279. The fraction of sp³-hybridized carbons (Fsp3) is 0.324. The van der Waals surface area contributed by atoms with Crippen LogP contribution in [0.15, 0.2) is 67.0 Å². The Hall–Kier alpha value is -4.10. The molecule has 0 bridgehead atoms. The maximum atomic E-state index is 15.0. The van der Waals surface area contributed by atoms with Crippen LogP contribution in [0.2, 0.25) is 10.0 Å². The van der Waals surface area contributed by atoms with Crippen molar-refractivity contribution < 1.29 is 42.9 Å². The standard InChI is InChI=1S/C34H35Cl2FN3O7S/c1-38-14-12-22(13-15-38)46-34(42)40(28-7-5-4-6-27(28)37)18-23-9-11-32(48-23)33(41)47-30(17-24-25(35)19-39(43)20-26(24)36)21-8-10-29(44-2)31(16-21)45-3/h4-11,16,19-20,22,30,43H,12-15,17-18H2,1-3H3/q+1/t30-/m0/s1. The number of carbonyl (C=O) groups excluding carboxylic acids is 2. The van der Waals surface area contributed by atoms with Crippen LogP contribution >= 0.6 is 34.5 Å². The fourth-order valence-corrected chi connectivity index (χ4v) is 6.83. The summed E-state index contributed by atoms with van der Waals surface area (Å²) in [7, 11) is 5.02. The van der Waals surface area contributed by atoms with Crippen molar-refractivity contribution in [1.29, 1.82) is 0 Å². The number of esters is 1. The van der Waals surface area contributed by atoms with Gasteiger partial charge >= 0.3 is 12.1 Å². The van der Waals surface area contributed by atoms with Gasteiger partial charge in [0.2, 0.25) is 12.4 Å². The van der Waals surface area contributed by atoms with Gasteiger partial charge in [0, 0.05) is 34.7 Å². The molecule has 0 unspecified atom stereocenters. The first kappa shape index (κ1) is 35.2. The Morgan fingerprint density at radius 3 is 2.40 bits per heavy atom. The second kappa shape index (κ2) is 15.9. The number of ether oxygens (including phenoxy) is 4. The van der Waals surface area contributed by atoms with Crippen molar-refractivity contribution >= 4 is 52.3 Å². The van der Waals surface area contributed by atoms with Crippen LogP contribution in [-0.2, 0) is 22.4 Å². The van der Waals surface area contributed by atoms with E-state index < -0.39 is 24.0 Å². The molecule has 1 saturated heterocycles. The molecule has 0 aliphatic carbocycles. The molecule has 5 rings (SSSR count). The highest BCUT2D eigenvalue weighted by atomic mass is 35.5. The highest BCUT2D eigenvalue weighted by molar-refractivity contribution is 7.14. The van der Waals surface area contributed by atoms with Crippen molar-refractivity contribution in [1.82, 2.24) is 4.90 Å². The maximum absolute atomic E-state index is 15.0. The van der Waals surface area contributed by atoms with E-state index in [1.54, 1.807) is 42.5 Å². The lowest BCUT2D eigenvalue weighted by atomic mass is 10.0. The van der Waals surface area contributed by atoms with E-state index in [0.717, 1.165) is 29.2 Å². The lowest BCUT2D eigenvalue weighted by molar-refractivity contribution is -0.904. The number of pyridine rings is 1. The summed E-state index contributed by atoms with van der Waals surface area (Å²) < 4.78 is 38.4. The Morgan fingerprint density at radius 2 is 1.73 bits per heavy atom. The fourth-order valence-electron chi connectivity index (χ4n) is 5.34. The van der Waals surface area contributed by atoms with E-state index in [2.05, 4.69) is 4.90 Å². The number of piperidine rings is 1. The number of rotatable bonds is 11. The first-order chi connectivity index (χ1) is 23.1. The number of amides is 1. The summed E-state index contributed by atoms with van der Waals surface area (Å²) in [6.07, 6.45) is 2.17. The van der Waals surface area contributed by atoms with Gasteiger partial charge in [0.05, 0.1) is 26.5 Å². The molecule has 48 heavy (non-hydrogen) atoms. The van der Waals surface area contributed by atoms with Gasteiger partial charge < -0.3 is 23.8 Å². The maximum Gasteiger partial charge on any atom is 0.414 e. The molecule has 2 aromatic heterocycles. The predicted molar refractivity (Wildman–Crippen MR) is 179 cm³/mol. The van der Waals surface area contributed by atoms with Gasteiger partial charge in [-0.2, -0.15) is 0 Å². The number of nitrogens with zero attached hydrogens (tertiary/aromatic N) is 3. The summed E-state index contributed by atoms with van der Waals surface area (Å²) in [5.74, 6) is -0.303. The van der Waals surface area contributed by atoms with Crippen molar-refractivity contribution in [3.63, 3.8) is 0 Å². The van der Waals surface area contributed by atoms with Gasteiger partial charge in [0.25, 0.3) is 0 Å². The van der Waals surface area contributed by atoms with Gasteiger partial charge in [-0.1, -0.05) is 41.4 Å². The molecule has 1 atom stereocenters. The highest BCUT2D eigenvalue weighted by Gasteiger charge is 2.29. The Morgan fingerprint density at radius 1 is 1.04 bits per heavy atom. The average molecular weight is 720 g/mol. The van der Waals surface area contributed by atoms with Crippen LogP contribution in [0.3, 0.4) is 0 Å². The molecule has 1 N–H and O–H groups in total. The third-order valence-electron chi connectivity index (χ3n) is 7.96. The van der Waals surface area contributed by atoms with E-state index in [0.29, 0.717) is 40.3 Å². The predicted octanol–water partition coefficient (Wildman–Crippen LogP) is 7.11. The van der Waals surface area contributed by atoms with Crippen molar-refractivity contribution in [2.24, 2.45) is 0 Å². The molecule has 3 heterocycles. The summed E-state index contributed by atoms with van der Waals surface area (Å²) >= 11 is 13.9. The highest BCUT2D eigenvalue weighted by Crippen LogP contribution is 2.36. The number of thiophene rings is 1. The molecule has 1 fully saturated rings. The molecule has 0 spiro atoms. The van der Waals surface area contributed by atoms with Crippen LogP contribution in [0.25, 0.3) is 0 Å². The van der Waals surface area contributed by atoms with Crippen LogP contribution < -0.4 is 19.1 Å². The van der Waals surface area contributed by atoms with E-state index in [4.69, 9.17) is 42.1 Å². The topological polar surface area (TPSA) is 102 Å². The van der Waals surface area contributed by atoms with Crippen LogP contribution in [-0.4, -0.2) is 62.6 Å². The largest absolute Gasteiger partial charge is 0.493 e. The van der Waals surface area contributed by atoms with Crippen molar-refractivity contribution in [3.8, 4) is 11.5 Å². The minimum Gasteiger partial charge on any atom is -0.493 e. The molecule has 254 valence electrons. The summed E-state index contributed by atoms with van der Waals surface area (Å²) in [6.45, 7) is 1.56. The van der Waals surface area contributed by atoms with Crippen LogP contribution in [0, 0.1) is 5.82 Å². The number of hydrogen-bond acceptors (Lipinski definition) is 9. The molecule has 14 heteroatoms. The number of hydrogen-bond donors (Lipinski definition) is 1. The van der Waals surface area contributed by atoms with Crippen LogP contribution in [0.1, 0.15) is 44.6 Å². The van der Waals surface area contributed by atoms with Crippen LogP contribution in [0.5, 0.6) is 11.5 Å². The second-order valence-electron chi connectivity index (χ2n) is 11.2. The smallest absolute Gasteiger partial charge is 0.414 e. The summed E-state index contributed by atoms with van der Waals surface area (Å²) in [5.41, 5.74) is 1.10. The molecular formula is C34H35Cl2FN3O7S+. The Bertz CT molecular complexity index is 1740. The number of likely N-dealkylation sites (tertiary alicyclic amines) is 1. The molecule has 1 aliphatic heterocycles. The van der Waals surface area contributed by atoms with Gasteiger partial charge in [-0.3, -0.25) is 10.1 Å². The number of aromatic nitrogens is 1. The number of benzene rings is 2. The Labute approximate surface area is 291 Å². The van der Waals surface area contributed by atoms with Crippen molar-refractivity contribution in [2.45, 2.75) is 38.0 Å². The lowest BCUT2D eigenvalue weighted by Crippen LogP contribution is -2.39. The first-order valence-corrected chi connectivity index (χ1v) is 16.6. The van der Waals surface area contributed by atoms with E-state index in [1.807, 2.05) is 7.05 Å². The zero-order valence-electron chi connectivity index (χ0n) is 26.5. The number of carbonyl (C=O) groups is 2. The van der Waals surface area contributed by atoms with Crippen molar-refractivity contribution in [2.75, 3.05) is 39.3 Å². The van der Waals surface area contributed by atoms with E-state index in [-0.39, 0.29) is 39.7 Å². The third-order valence-corrected chi connectivity index (χ3v) is 9.66. The summed E-state index contributed by atoms with van der Waals surface area (Å²) in [4.78, 5) is 31.3. The van der Waals surface area contributed by atoms with Gasteiger partial charge in [0.15, 0.2) is 11.5 Å². The second-order valence-corrected chi connectivity index (χ2v) is 13.2. The van der Waals surface area contributed by atoms with Crippen molar-refractivity contribution in [3.05, 3.63) is 104 Å². The number of para-hydroxylation sites is 1. The van der Waals surface area contributed by atoms with E-state index in [1.165, 1.54) is 43.6 Å². The normalized spacial score (nSPS) is 14.3. The number of anilines is 1. The monoisotopic (exact) mass is 718 g/mol. The Kier molecular flexibility index (Phi) is 11.6. The molecule has 1 amide bonds. The SMILES string of the molecule is COc1ccc([C@H](Cc2c(Cl)c[n+](O)cc2Cl)OC(=O)c2ccc(CN(C(=O)OC3CCN(C)CC3)c3ccccc3F)s2)cc1OC. The average Bonchev–Trinajstić information content (AvgIpc) is 3.54. The number of halogens is 3. The Balaban J connectivity index is 1.39.